The minimum atomic E-state index is -1.85. The fourth-order valence-corrected chi connectivity index (χ4v) is 9.40. The molecule has 0 aromatic heterocycles. The average molecular weight is 629 g/mol. The molecular weight excluding hydrogens is 576 g/mol. The lowest BCUT2D eigenvalue weighted by atomic mass is 9.59. The molecule has 2 heterocycles. The number of hydrogen-bond donors (Lipinski definition) is 1. The predicted molar refractivity (Wildman–Crippen MR) is 166 cm³/mol. The number of fused-ring (bicyclic) bond motifs is 5. The first-order chi connectivity index (χ1) is 20.7. The third-order valence-corrected chi connectivity index (χ3v) is 11.8. The Hall–Kier alpha value is -2.43. The van der Waals surface area contributed by atoms with Crippen molar-refractivity contribution >= 4 is 18.0 Å². The zero-order valence-corrected chi connectivity index (χ0v) is 28.6. The zero-order valence-electron chi connectivity index (χ0n) is 28.6. The van der Waals surface area contributed by atoms with Gasteiger partial charge in [-0.25, -0.2) is 9.59 Å². The molecule has 0 unspecified atom stereocenters. The Bertz CT molecular complexity index is 1340. The Labute approximate surface area is 267 Å². The number of ketones is 1. The van der Waals surface area contributed by atoms with Gasteiger partial charge in [-0.1, -0.05) is 32.9 Å². The molecule has 4 fully saturated rings. The molecule has 1 N–H and O–H groups in total. The molecule has 10 heteroatoms. The molecule has 2 bridgehead atoms. The number of likely N-dealkylation sites (tertiary alicyclic amines) is 1. The van der Waals surface area contributed by atoms with E-state index in [1.54, 1.807) is 16.8 Å². The quantitative estimate of drug-likeness (QED) is 0.421. The monoisotopic (exact) mass is 628 g/mol. The van der Waals surface area contributed by atoms with Crippen LogP contribution in [0.4, 0.5) is 9.59 Å². The van der Waals surface area contributed by atoms with Crippen LogP contribution < -0.4 is 0 Å². The SMILES string of the molecule is CC1=C[C@]23C(=O)[C@@H](C=C4COC(C)(C)O[C@H]4[C@]2(O)[C@H]1OC(=O)N(C)C1CCN(C(=O)OC(C)(C)C)CC1)[C@H]1[C@@H](C[C@H]3C)C1(C)C. The lowest BCUT2D eigenvalue weighted by Gasteiger charge is -2.53. The molecule has 0 radical (unpaired) electrons. The molecule has 0 aromatic carbocycles. The van der Waals surface area contributed by atoms with E-state index < -0.39 is 40.7 Å². The van der Waals surface area contributed by atoms with E-state index >= 15 is 0 Å². The van der Waals surface area contributed by atoms with Gasteiger partial charge in [0.05, 0.1) is 12.0 Å². The van der Waals surface area contributed by atoms with Crippen molar-refractivity contribution in [1.29, 1.82) is 0 Å². The maximum Gasteiger partial charge on any atom is 0.410 e. The number of Topliss-reactive ketones (excluding diaryl/α,β-unsaturated/α-hetero) is 1. The molecular formula is C35H52N2O8. The molecule has 0 aromatic rings. The summed E-state index contributed by atoms with van der Waals surface area (Å²) in [5, 5.41) is 13.2. The van der Waals surface area contributed by atoms with Crippen molar-refractivity contribution in [3.8, 4) is 0 Å². The van der Waals surface area contributed by atoms with Crippen LogP contribution in [0.1, 0.15) is 81.6 Å². The largest absolute Gasteiger partial charge is 0.444 e. The molecule has 4 aliphatic carbocycles. The first kappa shape index (κ1) is 32.5. The molecule has 2 saturated carbocycles. The van der Waals surface area contributed by atoms with Crippen LogP contribution >= 0.6 is 0 Å². The summed E-state index contributed by atoms with van der Waals surface area (Å²) in [5.74, 6) is -1.08. The molecule has 6 aliphatic rings. The Morgan fingerprint density at radius 2 is 1.78 bits per heavy atom. The summed E-state index contributed by atoms with van der Waals surface area (Å²) < 4.78 is 24.4. The number of nitrogens with zero attached hydrogens (tertiary/aromatic N) is 2. The highest BCUT2D eigenvalue weighted by Gasteiger charge is 2.77. The Morgan fingerprint density at radius 3 is 2.40 bits per heavy atom. The number of carbonyl (C=O) groups is 3. The summed E-state index contributed by atoms with van der Waals surface area (Å²) in [4.78, 5) is 44.6. The van der Waals surface area contributed by atoms with Gasteiger partial charge in [0.25, 0.3) is 0 Å². The highest BCUT2D eigenvalue weighted by Crippen LogP contribution is 2.72. The summed E-state index contributed by atoms with van der Waals surface area (Å²) >= 11 is 0. The van der Waals surface area contributed by atoms with Gasteiger partial charge in [-0.05, 0) is 95.1 Å². The van der Waals surface area contributed by atoms with Crippen LogP contribution in [0, 0.1) is 34.5 Å². The van der Waals surface area contributed by atoms with E-state index in [2.05, 4.69) is 20.8 Å². The third-order valence-electron chi connectivity index (χ3n) is 11.8. The van der Waals surface area contributed by atoms with Crippen molar-refractivity contribution in [3.05, 3.63) is 23.3 Å². The van der Waals surface area contributed by atoms with Gasteiger partial charge in [0.2, 0.25) is 0 Å². The van der Waals surface area contributed by atoms with Crippen molar-refractivity contribution < 1.29 is 38.4 Å². The summed E-state index contributed by atoms with van der Waals surface area (Å²) in [6.45, 7) is 18.6. The highest BCUT2D eigenvalue weighted by atomic mass is 16.7. The van der Waals surface area contributed by atoms with Gasteiger partial charge in [0.15, 0.2) is 23.3 Å². The minimum absolute atomic E-state index is 0.0142. The van der Waals surface area contributed by atoms with E-state index in [1.807, 2.05) is 53.7 Å². The van der Waals surface area contributed by atoms with Crippen LogP contribution in [-0.2, 0) is 23.7 Å². The molecule has 2 saturated heterocycles. The van der Waals surface area contributed by atoms with Crippen LogP contribution in [0.25, 0.3) is 0 Å². The Morgan fingerprint density at radius 1 is 1.13 bits per heavy atom. The smallest absolute Gasteiger partial charge is 0.410 e. The van der Waals surface area contributed by atoms with E-state index in [4.69, 9.17) is 18.9 Å². The topological polar surface area (TPSA) is 115 Å². The Kier molecular flexibility index (Phi) is 7.43. The van der Waals surface area contributed by atoms with E-state index in [-0.39, 0.29) is 47.7 Å². The second-order valence-corrected chi connectivity index (χ2v) is 16.6. The standard InChI is InChI=1S/C35H52N2O8/c1-19-17-34-20(2)15-24-25(32(24,6)7)23(26(34)38)16-21-18-42-33(8,9)44-28(21)35(34,41)27(19)43-29(39)36(10)22-11-13-37(14-12-22)30(40)45-31(3,4)5/h16-17,20,22-25,27-28,41H,11-15,18H2,1-10H3/t20-,23+,24-,25+,27+,28-,34+,35-/m1/s1. The van der Waals surface area contributed by atoms with Crippen molar-refractivity contribution in [2.45, 2.75) is 117 Å². The first-order valence-corrected chi connectivity index (χ1v) is 16.6. The number of rotatable bonds is 2. The lowest BCUT2D eigenvalue weighted by molar-refractivity contribution is -0.303. The number of carbonyl (C=O) groups excluding carboxylic acids is 3. The van der Waals surface area contributed by atoms with Gasteiger partial charge in [-0.2, -0.15) is 0 Å². The van der Waals surface area contributed by atoms with Crippen LogP contribution in [0.3, 0.4) is 0 Å². The second-order valence-electron chi connectivity index (χ2n) is 16.6. The number of aliphatic hydroxyl groups is 1. The number of amides is 2. The molecule has 6 rings (SSSR count). The normalized spacial score (nSPS) is 40.1. The first-order valence-electron chi connectivity index (χ1n) is 16.6. The fourth-order valence-electron chi connectivity index (χ4n) is 9.40. The summed E-state index contributed by atoms with van der Waals surface area (Å²) in [6.07, 6.45) is 2.92. The molecule has 45 heavy (non-hydrogen) atoms. The lowest BCUT2D eigenvalue weighted by Crippen LogP contribution is -2.68. The van der Waals surface area contributed by atoms with Gasteiger partial charge >= 0.3 is 12.2 Å². The zero-order chi connectivity index (χ0) is 33.1. The summed E-state index contributed by atoms with van der Waals surface area (Å²) in [6, 6.07) is -0.162. The van der Waals surface area contributed by atoms with Crippen LogP contribution in [0.15, 0.2) is 23.3 Å². The minimum Gasteiger partial charge on any atom is -0.444 e. The number of allylic oxidation sites excluding steroid dienone is 1. The van der Waals surface area contributed by atoms with Gasteiger partial charge < -0.3 is 33.9 Å². The third kappa shape index (κ3) is 4.87. The summed E-state index contributed by atoms with van der Waals surface area (Å²) in [5.41, 5.74) is -2.31. The fraction of sp³-hybridized carbons (Fsp3) is 0.800. The van der Waals surface area contributed by atoms with E-state index in [0.717, 1.165) is 12.0 Å². The van der Waals surface area contributed by atoms with Crippen molar-refractivity contribution in [3.63, 3.8) is 0 Å². The molecule has 2 aliphatic heterocycles. The molecule has 2 amide bonds. The van der Waals surface area contributed by atoms with Crippen molar-refractivity contribution in [2.75, 3.05) is 26.7 Å². The highest BCUT2D eigenvalue weighted by molar-refractivity contribution is 5.95. The maximum atomic E-state index is 14.9. The van der Waals surface area contributed by atoms with E-state index in [9.17, 15) is 19.5 Å². The average Bonchev–Trinajstić information content (AvgIpc) is 3.44. The van der Waals surface area contributed by atoms with Crippen molar-refractivity contribution in [2.24, 2.45) is 34.5 Å². The van der Waals surface area contributed by atoms with E-state index in [0.29, 0.717) is 37.4 Å². The van der Waals surface area contributed by atoms with Crippen LogP contribution in [-0.4, -0.2) is 94.9 Å². The van der Waals surface area contributed by atoms with Gasteiger partial charge in [0, 0.05) is 32.1 Å². The predicted octanol–water partition coefficient (Wildman–Crippen LogP) is 5.09. The molecule has 250 valence electrons. The van der Waals surface area contributed by atoms with Gasteiger partial charge in [-0.15, -0.1) is 0 Å². The maximum absolute atomic E-state index is 14.9. The van der Waals surface area contributed by atoms with Crippen molar-refractivity contribution in [1.82, 2.24) is 9.80 Å². The van der Waals surface area contributed by atoms with Crippen LogP contribution in [0.2, 0.25) is 0 Å². The van der Waals surface area contributed by atoms with Crippen LogP contribution in [0.5, 0.6) is 0 Å². The van der Waals surface area contributed by atoms with Gasteiger partial charge in [0.1, 0.15) is 11.7 Å². The second kappa shape index (κ2) is 10.3. The molecule has 10 nitrogen and oxygen atoms in total. The number of piperidine rings is 1. The molecule has 1 spiro atoms. The van der Waals surface area contributed by atoms with E-state index in [1.165, 1.54) is 0 Å². The molecule has 8 atom stereocenters. The summed E-state index contributed by atoms with van der Waals surface area (Å²) in [7, 11) is 1.70. The van der Waals surface area contributed by atoms with Gasteiger partial charge in [-0.3, -0.25) is 4.79 Å². The number of hydrogen-bond acceptors (Lipinski definition) is 8. The number of ether oxygens (including phenoxy) is 4. The Balaban J connectivity index is 1.29.